The molecule has 3 heterocycles. The van der Waals surface area contributed by atoms with Gasteiger partial charge in [0, 0.05) is 33.1 Å². The van der Waals surface area contributed by atoms with Gasteiger partial charge in [0.25, 0.3) is 0 Å². The van der Waals surface area contributed by atoms with Gasteiger partial charge in [0.15, 0.2) is 5.65 Å². The quantitative estimate of drug-likeness (QED) is 0.854. The van der Waals surface area contributed by atoms with Gasteiger partial charge in [0.1, 0.15) is 12.1 Å². The third-order valence-electron chi connectivity index (χ3n) is 3.52. The van der Waals surface area contributed by atoms with Crippen LogP contribution in [0.1, 0.15) is 6.42 Å². The van der Waals surface area contributed by atoms with E-state index in [9.17, 15) is 4.79 Å². The molecular formula is C13H18N6O2. The van der Waals surface area contributed by atoms with Crippen molar-refractivity contribution in [3.63, 3.8) is 0 Å². The molecule has 1 amide bonds. The van der Waals surface area contributed by atoms with Gasteiger partial charge in [-0.05, 0) is 0 Å². The van der Waals surface area contributed by atoms with Gasteiger partial charge in [-0.15, -0.1) is 0 Å². The number of nitrogens with one attached hydrogen (secondary N) is 1. The zero-order valence-electron chi connectivity index (χ0n) is 11.9. The van der Waals surface area contributed by atoms with Crippen LogP contribution in [0.3, 0.4) is 0 Å². The first-order chi connectivity index (χ1) is 10.3. The average Bonchev–Trinajstić information content (AvgIpc) is 2.91. The lowest BCUT2D eigenvalue weighted by Gasteiger charge is -2.26. The highest BCUT2D eigenvalue weighted by Crippen LogP contribution is 2.17. The zero-order valence-corrected chi connectivity index (χ0v) is 11.9. The Hall–Kier alpha value is -2.22. The predicted molar refractivity (Wildman–Crippen MR) is 76.8 cm³/mol. The third-order valence-corrected chi connectivity index (χ3v) is 3.52. The van der Waals surface area contributed by atoms with Crippen LogP contribution in [-0.4, -0.2) is 63.4 Å². The lowest BCUT2D eigenvalue weighted by molar-refractivity contribution is -0.134. The maximum absolute atomic E-state index is 12.0. The van der Waals surface area contributed by atoms with Crippen LogP contribution in [0, 0.1) is 0 Å². The summed E-state index contributed by atoms with van der Waals surface area (Å²) in [5.41, 5.74) is 0.770. The third kappa shape index (κ3) is 2.94. The Kier molecular flexibility index (Phi) is 3.96. The Morgan fingerprint density at radius 2 is 2.19 bits per heavy atom. The van der Waals surface area contributed by atoms with Gasteiger partial charge in [-0.1, -0.05) is 0 Å². The molecule has 2 aromatic rings. The van der Waals surface area contributed by atoms with Gasteiger partial charge in [-0.3, -0.25) is 9.48 Å². The topological polar surface area (TPSA) is 85.2 Å². The van der Waals surface area contributed by atoms with E-state index < -0.39 is 0 Å². The molecule has 0 spiro atoms. The summed E-state index contributed by atoms with van der Waals surface area (Å²) in [6, 6.07) is 0. The minimum atomic E-state index is 0.141. The fraction of sp³-hybridized carbons (Fsp3) is 0.538. The number of aromatic nitrogens is 4. The summed E-state index contributed by atoms with van der Waals surface area (Å²) in [5.74, 6) is 0.852. The molecule has 1 saturated heterocycles. The van der Waals surface area contributed by atoms with Crippen LogP contribution in [0.5, 0.6) is 0 Å². The Morgan fingerprint density at radius 3 is 3.00 bits per heavy atom. The van der Waals surface area contributed by atoms with Gasteiger partial charge in [-0.25, -0.2) is 9.97 Å². The maximum Gasteiger partial charge on any atom is 0.224 e. The Bertz CT molecular complexity index is 635. The van der Waals surface area contributed by atoms with Crippen LogP contribution < -0.4 is 5.32 Å². The van der Waals surface area contributed by atoms with Gasteiger partial charge >= 0.3 is 0 Å². The minimum absolute atomic E-state index is 0.141. The molecule has 0 aliphatic carbocycles. The summed E-state index contributed by atoms with van der Waals surface area (Å²) < 4.78 is 6.93. The van der Waals surface area contributed by atoms with E-state index in [2.05, 4.69) is 20.4 Å². The SMILES string of the molecule is Cn1ncc2c(NCCC(=O)N3CCOCC3)ncnc21. The number of hydrogen-bond acceptors (Lipinski definition) is 6. The van der Waals surface area contributed by atoms with E-state index in [0.717, 1.165) is 11.0 Å². The number of rotatable bonds is 4. The lowest BCUT2D eigenvalue weighted by Crippen LogP contribution is -2.41. The average molecular weight is 290 g/mol. The van der Waals surface area contributed by atoms with Crippen molar-refractivity contribution in [3.05, 3.63) is 12.5 Å². The molecule has 0 aromatic carbocycles. The normalized spacial score (nSPS) is 15.4. The first kappa shape index (κ1) is 13.7. The number of carbonyl (C=O) groups is 1. The van der Waals surface area contributed by atoms with Crippen LogP contribution >= 0.6 is 0 Å². The molecule has 0 saturated carbocycles. The smallest absolute Gasteiger partial charge is 0.224 e. The van der Waals surface area contributed by atoms with Crippen molar-refractivity contribution in [2.24, 2.45) is 7.05 Å². The molecular weight excluding hydrogens is 272 g/mol. The van der Waals surface area contributed by atoms with Crippen LogP contribution in [-0.2, 0) is 16.6 Å². The number of carbonyl (C=O) groups excluding carboxylic acids is 1. The molecule has 0 radical (unpaired) electrons. The van der Waals surface area contributed by atoms with Crippen LogP contribution in [0.2, 0.25) is 0 Å². The van der Waals surface area contributed by atoms with Crippen molar-refractivity contribution in [3.8, 4) is 0 Å². The number of fused-ring (bicyclic) bond motifs is 1. The molecule has 1 N–H and O–H groups in total. The van der Waals surface area contributed by atoms with Crippen molar-refractivity contribution < 1.29 is 9.53 Å². The van der Waals surface area contributed by atoms with Gasteiger partial charge in [-0.2, -0.15) is 5.10 Å². The minimum Gasteiger partial charge on any atom is -0.378 e. The van der Waals surface area contributed by atoms with Gasteiger partial charge in [0.2, 0.25) is 5.91 Å². The fourth-order valence-corrected chi connectivity index (χ4v) is 2.36. The Labute approximate surface area is 122 Å². The number of ether oxygens (including phenoxy) is 1. The molecule has 2 aromatic heterocycles. The molecule has 8 heteroatoms. The molecule has 0 bridgehead atoms. The van der Waals surface area contributed by atoms with E-state index in [-0.39, 0.29) is 5.91 Å². The van der Waals surface area contributed by atoms with Crippen molar-refractivity contribution in [2.45, 2.75) is 6.42 Å². The number of amides is 1. The number of hydrogen-bond donors (Lipinski definition) is 1. The van der Waals surface area contributed by atoms with E-state index in [4.69, 9.17) is 4.74 Å². The Balaban J connectivity index is 1.58. The molecule has 0 atom stereocenters. The van der Waals surface area contributed by atoms with Crippen molar-refractivity contribution >= 4 is 22.8 Å². The number of nitrogens with zero attached hydrogens (tertiary/aromatic N) is 5. The number of aryl methyl sites for hydroxylation is 1. The monoisotopic (exact) mass is 290 g/mol. The second-order valence-electron chi connectivity index (χ2n) is 4.90. The molecule has 1 aliphatic rings. The van der Waals surface area contributed by atoms with Crippen LogP contribution in [0.15, 0.2) is 12.5 Å². The largest absolute Gasteiger partial charge is 0.378 e. The highest BCUT2D eigenvalue weighted by Gasteiger charge is 2.16. The summed E-state index contributed by atoms with van der Waals surface area (Å²) in [7, 11) is 1.83. The molecule has 0 unspecified atom stereocenters. The first-order valence-corrected chi connectivity index (χ1v) is 6.98. The van der Waals surface area contributed by atoms with Gasteiger partial charge in [0.05, 0.1) is 24.8 Å². The summed E-state index contributed by atoms with van der Waals surface area (Å²) >= 11 is 0. The summed E-state index contributed by atoms with van der Waals surface area (Å²) in [5, 5.41) is 8.21. The second-order valence-corrected chi connectivity index (χ2v) is 4.90. The summed E-state index contributed by atoms with van der Waals surface area (Å²) in [6.07, 6.45) is 3.66. The van der Waals surface area contributed by atoms with Crippen LogP contribution in [0.25, 0.3) is 11.0 Å². The predicted octanol–water partition coefficient (Wildman–Crippen LogP) is 0.0241. The zero-order chi connectivity index (χ0) is 14.7. The lowest BCUT2D eigenvalue weighted by atomic mass is 10.3. The molecule has 21 heavy (non-hydrogen) atoms. The highest BCUT2D eigenvalue weighted by atomic mass is 16.5. The molecule has 8 nitrogen and oxygen atoms in total. The first-order valence-electron chi connectivity index (χ1n) is 6.98. The molecule has 1 fully saturated rings. The standard InChI is InChI=1S/C13H18N6O2/c1-18-13-10(8-17-18)12(15-9-16-13)14-3-2-11(20)19-4-6-21-7-5-19/h8-9H,2-7H2,1H3,(H,14,15,16). The van der Waals surface area contributed by atoms with E-state index in [1.54, 1.807) is 10.9 Å². The summed E-state index contributed by atoms with van der Waals surface area (Å²) in [6.45, 7) is 3.15. The highest BCUT2D eigenvalue weighted by molar-refractivity contribution is 5.86. The van der Waals surface area contributed by atoms with Crippen molar-refractivity contribution in [1.82, 2.24) is 24.6 Å². The maximum atomic E-state index is 12.0. The van der Waals surface area contributed by atoms with E-state index >= 15 is 0 Å². The molecule has 1 aliphatic heterocycles. The van der Waals surface area contributed by atoms with Crippen molar-refractivity contribution in [1.29, 1.82) is 0 Å². The van der Waals surface area contributed by atoms with Crippen molar-refractivity contribution in [2.75, 3.05) is 38.2 Å². The van der Waals surface area contributed by atoms with Crippen LogP contribution in [0.4, 0.5) is 5.82 Å². The molecule has 112 valence electrons. The summed E-state index contributed by atoms with van der Waals surface area (Å²) in [4.78, 5) is 22.3. The number of morpholine rings is 1. The second kappa shape index (κ2) is 6.04. The molecule has 3 rings (SSSR count). The van der Waals surface area contributed by atoms with E-state index in [1.165, 1.54) is 6.33 Å². The number of anilines is 1. The van der Waals surface area contributed by atoms with Gasteiger partial charge < -0.3 is 15.0 Å². The van der Waals surface area contributed by atoms with E-state index in [0.29, 0.717) is 45.1 Å². The van der Waals surface area contributed by atoms with E-state index in [1.807, 2.05) is 11.9 Å². The Morgan fingerprint density at radius 1 is 1.38 bits per heavy atom. The fourth-order valence-electron chi connectivity index (χ4n) is 2.36.